The van der Waals surface area contributed by atoms with Crippen LogP contribution in [0.15, 0.2) is 53.2 Å². The van der Waals surface area contributed by atoms with Gasteiger partial charge in [-0.1, -0.05) is 0 Å². The van der Waals surface area contributed by atoms with Crippen LogP contribution in [0, 0.1) is 17.1 Å². The van der Waals surface area contributed by atoms with Gasteiger partial charge in [-0.15, -0.1) is 0 Å². The van der Waals surface area contributed by atoms with E-state index in [4.69, 9.17) is 4.42 Å². The van der Waals surface area contributed by atoms with E-state index in [9.17, 15) is 9.65 Å². The van der Waals surface area contributed by atoms with E-state index in [1.165, 1.54) is 12.1 Å². The molecule has 0 aliphatic carbocycles. The monoisotopic (exact) mass is 349 g/mol. The third-order valence-corrected chi connectivity index (χ3v) is 4.38. The number of aromatic nitrogens is 2. The lowest BCUT2D eigenvalue weighted by molar-refractivity contribution is 0.531. The quantitative estimate of drug-likeness (QED) is 0.724. The Bertz CT molecular complexity index is 925. The van der Waals surface area contributed by atoms with Gasteiger partial charge >= 0.3 is 0 Å². The molecule has 3 aromatic rings. The standard InChI is InChI=1S/C19H16FN5O/c20-15-3-5-16(6-4-15)24-8-10-25(11-9-24)19-17(12-21)23-18(26-19)14-2-1-7-22-13-14/h1-7,13H,8-11H2. The molecule has 0 spiro atoms. The maximum atomic E-state index is 13.1. The van der Waals surface area contributed by atoms with Crippen LogP contribution in [0.5, 0.6) is 0 Å². The van der Waals surface area contributed by atoms with E-state index in [0.29, 0.717) is 24.9 Å². The van der Waals surface area contributed by atoms with Crippen LogP contribution in [0.4, 0.5) is 16.0 Å². The minimum absolute atomic E-state index is 0.240. The zero-order valence-electron chi connectivity index (χ0n) is 14.0. The SMILES string of the molecule is N#Cc1nc(-c2cccnc2)oc1N1CCN(c2ccc(F)cc2)CC1. The van der Waals surface area contributed by atoms with E-state index in [-0.39, 0.29) is 11.5 Å². The second kappa shape index (κ2) is 6.84. The van der Waals surface area contributed by atoms with Crippen molar-refractivity contribution in [2.45, 2.75) is 0 Å². The Kier molecular flexibility index (Phi) is 4.23. The fourth-order valence-corrected chi connectivity index (χ4v) is 3.03. The van der Waals surface area contributed by atoms with Gasteiger partial charge in [0.15, 0.2) is 0 Å². The molecule has 6 nitrogen and oxygen atoms in total. The van der Waals surface area contributed by atoms with E-state index >= 15 is 0 Å². The molecule has 2 aromatic heterocycles. The number of nitriles is 1. The van der Waals surface area contributed by atoms with Crippen LogP contribution in [0.2, 0.25) is 0 Å². The lowest BCUT2D eigenvalue weighted by Gasteiger charge is -2.35. The van der Waals surface area contributed by atoms with Crippen LogP contribution >= 0.6 is 0 Å². The Labute approximate surface area is 150 Å². The second-order valence-electron chi connectivity index (χ2n) is 5.98. The molecule has 0 bridgehead atoms. The summed E-state index contributed by atoms with van der Waals surface area (Å²) in [5.41, 5.74) is 2.00. The number of pyridine rings is 1. The molecule has 3 heterocycles. The number of hydrogen-bond acceptors (Lipinski definition) is 6. The van der Waals surface area contributed by atoms with E-state index in [0.717, 1.165) is 24.3 Å². The summed E-state index contributed by atoms with van der Waals surface area (Å²) in [5, 5.41) is 9.40. The number of benzene rings is 1. The highest BCUT2D eigenvalue weighted by atomic mass is 19.1. The van der Waals surface area contributed by atoms with Crippen molar-refractivity contribution >= 4 is 11.6 Å². The Morgan fingerprint density at radius 2 is 1.77 bits per heavy atom. The Morgan fingerprint density at radius 3 is 2.42 bits per heavy atom. The molecule has 1 saturated heterocycles. The first-order valence-corrected chi connectivity index (χ1v) is 8.31. The summed E-state index contributed by atoms with van der Waals surface area (Å²) in [6, 6.07) is 12.2. The summed E-state index contributed by atoms with van der Waals surface area (Å²) in [5.74, 6) is 0.645. The third kappa shape index (κ3) is 3.09. The van der Waals surface area contributed by atoms with Gasteiger partial charge in [0.25, 0.3) is 0 Å². The van der Waals surface area contributed by atoms with E-state index in [1.807, 2.05) is 11.0 Å². The topological polar surface area (TPSA) is 69.2 Å². The maximum Gasteiger partial charge on any atom is 0.235 e. The van der Waals surface area contributed by atoms with Gasteiger partial charge in [0.05, 0.1) is 5.56 Å². The summed E-state index contributed by atoms with van der Waals surface area (Å²) in [6.07, 6.45) is 3.33. The van der Waals surface area contributed by atoms with Crippen molar-refractivity contribution in [1.82, 2.24) is 9.97 Å². The first-order chi connectivity index (χ1) is 12.7. The highest BCUT2D eigenvalue weighted by Gasteiger charge is 2.24. The molecule has 0 unspecified atom stereocenters. The number of halogens is 1. The molecule has 1 aromatic carbocycles. The van der Waals surface area contributed by atoms with Crippen molar-refractivity contribution in [3.8, 4) is 17.5 Å². The van der Waals surface area contributed by atoms with Crippen LogP contribution in [-0.4, -0.2) is 36.1 Å². The Balaban J connectivity index is 1.52. The van der Waals surface area contributed by atoms with Crippen LogP contribution in [0.1, 0.15) is 5.69 Å². The Morgan fingerprint density at radius 1 is 1.04 bits per heavy atom. The highest BCUT2D eigenvalue weighted by Crippen LogP contribution is 2.29. The van der Waals surface area contributed by atoms with Gasteiger partial charge in [0, 0.05) is 44.3 Å². The third-order valence-electron chi connectivity index (χ3n) is 4.38. The molecular formula is C19H16FN5O. The van der Waals surface area contributed by atoms with Crippen LogP contribution in [0.3, 0.4) is 0 Å². The molecule has 0 atom stereocenters. The molecule has 1 fully saturated rings. The fraction of sp³-hybridized carbons (Fsp3) is 0.211. The van der Waals surface area contributed by atoms with E-state index < -0.39 is 0 Å². The number of piperazine rings is 1. The fourth-order valence-electron chi connectivity index (χ4n) is 3.03. The molecule has 1 aliphatic heterocycles. The van der Waals surface area contributed by atoms with Gasteiger partial charge < -0.3 is 14.2 Å². The predicted octanol–water partition coefficient (Wildman–Crippen LogP) is 3.07. The van der Waals surface area contributed by atoms with E-state index in [2.05, 4.69) is 20.9 Å². The molecule has 0 radical (unpaired) electrons. The number of hydrogen-bond donors (Lipinski definition) is 0. The molecule has 130 valence electrons. The first-order valence-electron chi connectivity index (χ1n) is 8.31. The van der Waals surface area contributed by atoms with Crippen molar-refractivity contribution in [3.05, 3.63) is 60.3 Å². The molecule has 4 rings (SSSR count). The molecule has 0 amide bonds. The second-order valence-corrected chi connectivity index (χ2v) is 5.98. The lowest BCUT2D eigenvalue weighted by Crippen LogP contribution is -2.46. The normalized spacial score (nSPS) is 14.3. The summed E-state index contributed by atoms with van der Waals surface area (Å²) < 4.78 is 19.0. The smallest absolute Gasteiger partial charge is 0.235 e. The van der Waals surface area contributed by atoms with Gasteiger partial charge in [-0.05, 0) is 36.4 Å². The van der Waals surface area contributed by atoms with Gasteiger partial charge in [0.2, 0.25) is 17.5 Å². The molecule has 26 heavy (non-hydrogen) atoms. The average molecular weight is 349 g/mol. The summed E-state index contributed by atoms with van der Waals surface area (Å²) in [6.45, 7) is 2.88. The average Bonchev–Trinajstić information content (AvgIpc) is 3.14. The summed E-state index contributed by atoms with van der Waals surface area (Å²) in [4.78, 5) is 12.6. The maximum absolute atomic E-state index is 13.1. The molecule has 7 heteroatoms. The highest BCUT2D eigenvalue weighted by molar-refractivity contribution is 5.59. The number of rotatable bonds is 3. The molecule has 0 N–H and O–H groups in total. The Hall–Kier alpha value is -3.40. The van der Waals surface area contributed by atoms with Crippen LogP contribution < -0.4 is 9.80 Å². The van der Waals surface area contributed by atoms with Gasteiger partial charge in [-0.2, -0.15) is 10.2 Å². The largest absolute Gasteiger partial charge is 0.419 e. The molecule has 1 aliphatic rings. The molecular weight excluding hydrogens is 333 g/mol. The van der Waals surface area contributed by atoms with Crippen molar-refractivity contribution in [1.29, 1.82) is 5.26 Å². The van der Waals surface area contributed by atoms with Gasteiger partial charge in [-0.3, -0.25) is 4.98 Å². The number of oxazole rings is 1. The summed E-state index contributed by atoms with van der Waals surface area (Å²) in [7, 11) is 0. The number of anilines is 2. The van der Waals surface area contributed by atoms with Crippen LogP contribution in [-0.2, 0) is 0 Å². The first kappa shape index (κ1) is 16.1. The van der Waals surface area contributed by atoms with Crippen molar-refractivity contribution in [3.63, 3.8) is 0 Å². The van der Waals surface area contributed by atoms with Crippen molar-refractivity contribution in [2.75, 3.05) is 36.0 Å². The number of nitrogens with zero attached hydrogens (tertiary/aromatic N) is 5. The lowest BCUT2D eigenvalue weighted by atomic mass is 10.2. The van der Waals surface area contributed by atoms with Crippen molar-refractivity contribution in [2.24, 2.45) is 0 Å². The minimum Gasteiger partial charge on any atom is -0.419 e. The van der Waals surface area contributed by atoms with Gasteiger partial charge in [0.1, 0.15) is 11.9 Å². The predicted molar refractivity (Wildman–Crippen MR) is 95.3 cm³/mol. The zero-order valence-corrected chi connectivity index (χ0v) is 14.0. The van der Waals surface area contributed by atoms with E-state index in [1.54, 1.807) is 30.6 Å². The van der Waals surface area contributed by atoms with Gasteiger partial charge in [-0.25, -0.2) is 4.39 Å². The van der Waals surface area contributed by atoms with Crippen molar-refractivity contribution < 1.29 is 8.81 Å². The summed E-state index contributed by atoms with van der Waals surface area (Å²) >= 11 is 0. The molecule has 0 saturated carbocycles. The zero-order chi connectivity index (χ0) is 17.9. The van der Waals surface area contributed by atoms with Crippen LogP contribution in [0.25, 0.3) is 11.5 Å². The minimum atomic E-state index is -0.240.